The number of nitrogens with one attached hydrogen (secondary N) is 1. The van der Waals surface area contributed by atoms with E-state index >= 15 is 0 Å². The van der Waals surface area contributed by atoms with Crippen LogP contribution in [-0.2, 0) is 0 Å². The summed E-state index contributed by atoms with van der Waals surface area (Å²) in [6, 6.07) is 8.93. The molecule has 0 saturated heterocycles. The molecule has 0 fully saturated rings. The van der Waals surface area contributed by atoms with Gasteiger partial charge in [-0.1, -0.05) is 35.8 Å². The van der Waals surface area contributed by atoms with Gasteiger partial charge >= 0.3 is 0 Å². The Morgan fingerprint density at radius 2 is 2.26 bits per heavy atom. The molecule has 1 amide bonds. The number of nitrogens with zero attached hydrogens (tertiary/aromatic N) is 1. The molecule has 0 aliphatic rings. The highest BCUT2D eigenvalue weighted by Gasteiger charge is 2.15. The van der Waals surface area contributed by atoms with E-state index in [1.165, 1.54) is 0 Å². The van der Waals surface area contributed by atoms with Gasteiger partial charge in [0.25, 0.3) is 5.91 Å². The first kappa shape index (κ1) is 13.6. The number of benzene rings is 1. The van der Waals surface area contributed by atoms with Crippen molar-refractivity contribution < 1.29 is 9.32 Å². The molecule has 19 heavy (non-hydrogen) atoms. The molecule has 0 aliphatic heterocycles. The summed E-state index contributed by atoms with van der Waals surface area (Å²) in [6.07, 6.45) is 0.866. The number of carbonyl (C=O) groups is 1. The van der Waals surface area contributed by atoms with Gasteiger partial charge in [0.2, 0.25) is 0 Å². The van der Waals surface area contributed by atoms with Gasteiger partial charge in [-0.05, 0) is 25.5 Å². The van der Waals surface area contributed by atoms with E-state index in [4.69, 9.17) is 16.1 Å². The van der Waals surface area contributed by atoms with E-state index in [0.29, 0.717) is 10.8 Å². The van der Waals surface area contributed by atoms with Crippen LogP contribution in [0.2, 0.25) is 5.02 Å². The maximum atomic E-state index is 11.9. The average molecular weight is 279 g/mol. The average Bonchev–Trinajstić information content (AvgIpc) is 2.88. The van der Waals surface area contributed by atoms with E-state index in [1.54, 1.807) is 18.2 Å². The summed E-state index contributed by atoms with van der Waals surface area (Å²) >= 11 is 5.91. The Bertz CT molecular complexity index is 580. The van der Waals surface area contributed by atoms with Gasteiger partial charge in [-0.3, -0.25) is 4.79 Å². The predicted molar refractivity (Wildman–Crippen MR) is 74.2 cm³/mol. The summed E-state index contributed by atoms with van der Waals surface area (Å²) < 4.78 is 5.17. The molecule has 1 N–H and O–H groups in total. The number of amides is 1. The molecule has 5 heteroatoms. The molecule has 4 nitrogen and oxygen atoms in total. The molecule has 1 aromatic heterocycles. The largest absolute Gasteiger partial charge is 0.355 e. The van der Waals surface area contributed by atoms with Crippen LogP contribution in [0.1, 0.15) is 30.8 Å². The van der Waals surface area contributed by atoms with Crippen LogP contribution in [0.4, 0.5) is 0 Å². The SMILES string of the molecule is CC[C@H](C)NC(=O)c1cc(-c2cccc(Cl)c2)on1. The lowest BCUT2D eigenvalue weighted by Gasteiger charge is -2.08. The van der Waals surface area contributed by atoms with Gasteiger partial charge in [-0.2, -0.15) is 0 Å². The molecular formula is C14H15ClN2O2. The van der Waals surface area contributed by atoms with Crippen LogP contribution in [0.5, 0.6) is 0 Å². The van der Waals surface area contributed by atoms with Crippen LogP contribution in [0, 0.1) is 0 Å². The third-order valence-electron chi connectivity index (χ3n) is 2.84. The summed E-state index contributed by atoms with van der Waals surface area (Å²) in [5.41, 5.74) is 1.07. The standard InChI is InChI=1S/C14H15ClN2O2/c1-3-9(2)16-14(18)12-8-13(19-17-12)10-5-4-6-11(15)7-10/h4-9H,3H2,1-2H3,(H,16,18)/t9-/m0/s1. The van der Waals surface area contributed by atoms with Crippen molar-refractivity contribution in [3.63, 3.8) is 0 Å². The maximum absolute atomic E-state index is 11.9. The van der Waals surface area contributed by atoms with Crippen molar-refractivity contribution in [1.82, 2.24) is 10.5 Å². The Labute approximate surface area is 116 Å². The number of hydrogen-bond acceptors (Lipinski definition) is 3. The van der Waals surface area contributed by atoms with E-state index in [-0.39, 0.29) is 17.6 Å². The molecule has 100 valence electrons. The van der Waals surface area contributed by atoms with E-state index in [9.17, 15) is 4.79 Å². The fraction of sp³-hybridized carbons (Fsp3) is 0.286. The van der Waals surface area contributed by atoms with Gasteiger partial charge < -0.3 is 9.84 Å². The van der Waals surface area contributed by atoms with Crippen LogP contribution in [0.3, 0.4) is 0 Å². The molecule has 0 spiro atoms. The van der Waals surface area contributed by atoms with Gasteiger partial charge in [0.1, 0.15) is 0 Å². The van der Waals surface area contributed by atoms with Crippen LogP contribution < -0.4 is 5.32 Å². The van der Waals surface area contributed by atoms with Crippen molar-refractivity contribution in [2.24, 2.45) is 0 Å². The molecule has 0 unspecified atom stereocenters. The summed E-state index contributed by atoms with van der Waals surface area (Å²) in [7, 11) is 0. The van der Waals surface area contributed by atoms with Crippen molar-refractivity contribution >= 4 is 17.5 Å². The third kappa shape index (κ3) is 3.35. The summed E-state index contributed by atoms with van der Waals surface area (Å²) in [5, 5.41) is 7.22. The zero-order valence-corrected chi connectivity index (χ0v) is 11.6. The Balaban J connectivity index is 2.17. The van der Waals surface area contributed by atoms with Crippen molar-refractivity contribution in [3.05, 3.63) is 41.0 Å². The topological polar surface area (TPSA) is 55.1 Å². The lowest BCUT2D eigenvalue weighted by Crippen LogP contribution is -2.32. The minimum atomic E-state index is -0.230. The van der Waals surface area contributed by atoms with Crippen LogP contribution in [0.25, 0.3) is 11.3 Å². The number of hydrogen-bond donors (Lipinski definition) is 1. The Hall–Kier alpha value is -1.81. The Kier molecular flexibility index (Phi) is 4.22. The zero-order chi connectivity index (χ0) is 13.8. The molecule has 0 saturated carbocycles. The second kappa shape index (κ2) is 5.89. The molecule has 2 aromatic rings. The Morgan fingerprint density at radius 3 is 2.95 bits per heavy atom. The second-order valence-corrected chi connectivity index (χ2v) is 4.81. The van der Waals surface area contributed by atoms with E-state index < -0.39 is 0 Å². The highest BCUT2D eigenvalue weighted by Crippen LogP contribution is 2.23. The molecule has 1 aromatic carbocycles. The maximum Gasteiger partial charge on any atom is 0.273 e. The van der Waals surface area contributed by atoms with Gasteiger partial charge in [0.05, 0.1) is 0 Å². The first-order valence-corrected chi connectivity index (χ1v) is 6.51. The quantitative estimate of drug-likeness (QED) is 0.931. The molecule has 2 rings (SSSR count). The fourth-order valence-corrected chi connectivity index (χ4v) is 1.75. The minimum absolute atomic E-state index is 0.110. The number of carbonyl (C=O) groups excluding carboxylic acids is 1. The van der Waals surface area contributed by atoms with Gasteiger partial charge in [-0.15, -0.1) is 0 Å². The van der Waals surface area contributed by atoms with Gasteiger partial charge in [0.15, 0.2) is 11.5 Å². The molecular weight excluding hydrogens is 264 g/mol. The summed E-state index contributed by atoms with van der Waals surface area (Å²) in [4.78, 5) is 11.9. The predicted octanol–water partition coefficient (Wildman–Crippen LogP) is 3.52. The van der Waals surface area contributed by atoms with Gasteiger partial charge in [-0.25, -0.2) is 0 Å². The number of halogens is 1. The van der Waals surface area contributed by atoms with Gasteiger partial charge in [0, 0.05) is 22.7 Å². The highest BCUT2D eigenvalue weighted by atomic mass is 35.5. The lowest BCUT2D eigenvalue weighted by molar-refractivity contribution is 0.0930. The zero-order valence-electron chi connectivity index (χ0n) is 10.8. The summed E-state index contributed by atoms with van der Waals surface area (Å²) in [5.74, 6) is 0.295. The summed E-state index contributed by atoms with van der Waals surface area (Å²) in [6.45, 7) is 3.95. The third-order valence-corrected chi connectivity index (χ3v) is 3.08. The van der Waals surface area contributed by atoms with Crippen molar-refractivity contribution in [2.45, 2.75) is 26.3 Å². The number of aromatic nitrogens is 1. The highest BCUT2D eigenvalue weighted by molar-refractivity contribution is 6.30. The molecule has 1 heterocycles. The lowest BCUT2D eigenvalue weighted by atomic mass is 10.1. The van der Waals surface area contributed by atoms with Crippen molar-refractivity contribution in [1.29, 1.82) is 0 Å². The van der Waals surface area contributed by atoms with Crippen LogP contribution in [0.15, 0.2) is 34.9 Å². The Morgan fingerprint density at radius 1 is 1.47 bits per heavy atom. The normalized spacial score (nSPS) is 12.2. The monoisotopic (exact) mass is 278 g/mol. The first-order chi connectivity index (χ1) is 9.10. The molecule has 0 aliphatic carbocycles. The second-order valence-electron chi connectivity index (χ2n) is 4.37. The fourth-order valence-electron chi connectivity index (χ4n) is 1.56. The smallest absolute Gasteiger partial charge is 0.273 e. The molecule has 0 bridgehead atoms. The number of rotatable bonds is 4. The van der Waals surface area contributed by atoms with E-state index in [2.05, 4.69) is 10.5 Å². The van der Waals surface area contributed by atoms with Crippen molar-refractivity contribution in [3.8, 4) is 11.3 Å². The first-order valence-electron chi connectivity index (χ1n) is 6.13. The molecule has 0 radical (unpaired) electrons. The minimum Gasteiger partial charge on any atom is -0.355 e. The van der Waals surface area contributed by atoms with Crippen molar-refractivity contribution in [2.75, 3.05) is 0 Å². The van der Waals surface area contributed by atoms with Crippen LogP contribution >= 0.6 is 11.6 Å². The molecule has 1 atom stereocenters. The van der Waals surface area contributed by atoms with Crippen LogP contribution in [-0.4, -0.2) is 17.1 Å². The van der Waals surface area contributed by atoms with E-state index in [1.807, 2.05) is 26.0 Å². The van der Waals surface area contributed by atoms with E-state index in [0.717, 1.165) is 12.0 Å².